The molecule has 1 heterocycles. The number of sulfonamides is 1. The summed E-state index contributed by atoms with van der Waals surface area (Å²) < 4.78 is 37.8. The maximum absolute atomic E-state index is 13.0. The maximum Gasteiger partial charge on any atom is 0.338 e. The van der Waals surface area contributed by atoms with Gasteiger partial charge in [-0.05, 0) is 50.1 Å². The van der Waals surface area contributed by atoms with Crippen LogP contribution < -0.4 is 4.74 Å². The summed E-state index contributed by atoms with van der Waals surface area (Å²) in [6.45, 7) is 2.29. The van der Waals surface area contributed by atoms with Crippen LogP contribution in [0.2, 0.25) is 5.02 Å². The van der Waals surface area contributed by atoms with Crippen LogP contribution in [0.4, 0.5) is 0 Å². The molecule has 1 aliphatic heterocycles. The number of benzene rings is 2. The van der Waals surface area contributed by atoms with Gasteiger partial charge in [-0.15, -0.1) is 0 Å². The molecule has 0 amide bonds. The Morgan fingerprint density at radius 3 is 2.40 bits per heavy atom. The lowest BCUT2D eigenvalue weighted by atomic mass is 10.1. The molecule has 2 aromatic carbocycles. The summed E-state index contributed by atoms with van der Waals surface area (Å²) in [7, 11) is -2.45. The van der Waals surface area contributed by atoms with Gasteiger partial charge in [-0.1, -0.05) is 23.7 Å². The topological polar surface area (TPSA) is 90.0 Å². The Morgan fingerprint density at radius 1 is 1.07 bits per heavy atom. The molecule has 9 heteroatoms. The first kappa shape index (κ1) is 22.3. The van der Waals surface area contributed by atoms with Crippen molar-refractivity contribution in [3.05, 3.63) is 58.6 Å². The molecule has 0 bridgehead atoms. The Bertz CT molecular complexity index is 1060. The molecule has 1 unspecified atom stereocenters. The molecule has 2 aromatic rings. The molecule has 1 aliphatic rings. The SMILES string of the molecule is COc1ccc(C(=O)OC(C)C(=O)c2cccc(Cl)c2)cc1S(=O)(=O)N1CCCC1. The van der Waals surface area contributed by atoms with Crippen LogP contribution in [0.25, 0.3) is 0 Å². The Kier molecular flexibility index (Phi) is 6.80. The van der Waals surface area contributed by atoms with E-state index >= 15 is 0 Å². The second-order valence-electron chi connectivity index (χ2n) is 6.90. The van der Waals surface area contributed by atoms with Crippen LogP contribution in [0.3, 0.4) is 0 Å². The number of Topliss-reactive ketones (excluding diaryl/α,β-unsaturated/α-hetero) is 1. The highest BCUT2D eigenvalue weighted by Gasteiger charge is 2.31. The van der Waals surface area contributed by atoms with Gasteiger partial charge in [-0.3, -0.25) is 4.79 Å². The highest BCUT2D eigenvalue weighted by atomic mass is 35.5. The van der Waals surface area contributed by atoms with Crippen molar-refractivity contribution < 1.29 is 27.5 Å². The molecule has 1 saturated heterocycles. The van der Waals surface area contributed by atoms with E-state index < -0.39 is 27.9 Å². The van der Waals surface area contributed by atoms with Gasteiger partial charge >= 0.3 is 5.97 Å². The number of esters is 1. The number of hydrogen-bond acceptors (Lipinski definition) is 6. The molecule has 0 aromatic heterocycles. The van der Waals surface area contributed by atoms with E-state index in [9.17, 15) is 18.0 Å². The van der Waals surface area contributed by atoms with Crippen molar-refractivity contribution >= 4 is 33.4 Å². The normalized spacial score (nSPS) is 15.6. The molecular formula is C21H22ClNO6S. The lowest BCUT2D eigenvalue weighted by Gasteiger charge is -2.18. The third-order valence-corrected chi connectivity index (χ3v) is 7.00. The van der Waals surface area contributed by atoms with Crippen LogP contribution in [0.1, 0.15) is 40.5 Å². The highest BCUT2D eigenvalue weighted by Crippen LogP contribution is 2.30. The fourth-order valence-electron chi connectivity index (χ4n) is 3.23. The Hall–Kier alpha value is -2.42. The lowest BCUT2D eigenvalue weighted by Crippen LogP contribution is -2.28. The van der Waals surface area contributed by atoms with Crippen LogP contribution in [-0.4, -0.2) is 50.8 Å². The van der Waals surface area contributed by atoms with Crippen molar-refractivity contribution in [2.24, 2.45) is 0 Å². The predicted molar refractivity (Wildman–Crippen MR) is 112 cm³/mol. The van der Waals surface area contributed by atoms with E-state index in [4.69, 9.17) is 21.1 Å². The number of rotatable bonds is 7. The quantitative estimate of drug-likeness (QED) is 0.472. The lowest BCUT2D eigenvalue weighted by molar-refractivity contribution is 0.0318. The first-order valence-electron chi connectivity index (χ1n) is 9.43. The molecule has 1 atom stereocenters. The van der Waals surface area contributed by atoms with E-state index in [0.29, 0.717) is 23.7 Å². The smallest absolute Gasteiger partial charge is 0.338 e. The first-order valence-corrected chi connectivity index (χ1v) is 11.2. The Morgan fingerprint density at radius 2 is 1.77 bits per heavy atom. The standard InChI is InChI=1S/C21H22ClNO6S/c1-14(20(24)15-6-5-7-17(22)12-15)29-21(25)16-8-9-18(28-2)19(13-16)30(26,27)23-10-3-4-11-23/h5-9,12-14H,3-4,10-11H2,1-2H3. The van der Waals surface area contributed by atoms with Gasteiger partial charge in [0.1, 0.15) is 10.6 Å². The molecule has 0 spiro atoms. The van der Waals surface area contributed by atoms with Gasteiger partial charge in [0.15, 0.2) is 6.10 Å². The molecular weight excluding hydrogens is 430 g/mol. The first-order chi connectivity index (χ1) is 14.2. The van der Waals surface area contributed by atoms with E-state index in [1.54, 1.807) is 18.2 Å². The fraction of sp³-hybridized carbons (Fsp3) is 0.333. The molecule has 3 rings (SSSR count). The van der Waals surface area contributed by atoms with Crippen LogP contribution >= 0.6 is 11.6 Å². The zero-order valence-corrected chi connectivity index (χ0v) is 18.2. The summed E-state index contributed by atoms with van der Waals surface area (Å²) in [6, 6.07) is 10.4. The van der Waals surface area contributed by atoms with Crippen molar-refractivity contribution in [3.63, 3.8) is 0 Å². The van der Waals surface area contributed by atoms with Crippen molar-refractivity contribution in [2.75, 3.05) is 20.2 Å². The van der Waals surface area contributed by atoms with Crippen molar-refractivity contribution in [1.82, 2.24) is 4.31 Å². The zero-order chi connectivity index (χ0) is 21.9. The summed E-state index contributed by atoms with van der Waals surface area (Å²) in [4.78, 5) is 25.0. The average Bonchev–Trinajstić information content (AvgIpc) is 3.28. The summed E-state index contributed by atoms with van der Waals surface area (Å²) >= 11 is 5.91. The van der Waals surface area contributed by atoms with E-state index in [-0.39, 0.29) is 16.2 Å². The van der Waals surface area contributed by atoms with Crippen LogP contribution in [0.15, 0.2) is 47.4 Å². The second kappa shape index (κ2) is 9.16. The molecule has 1 fully saturated rings. The van der Waals surface area contributed by atoms with Gasteiger partial charge in [0, 0.05) is 23.7 Å². The molecule has 30 heavy (non-hydrogen) atoms. The molecule has 160 valence electrons. The van der Waals surface area contributed by atoms with Crippen molar-refractivity contribution in [1.29, 1.82) is 0 Å². The van der Waals surface area contributed by atoms with Crippen molar-refractivity contribution in [2.45, 2.75) is 30.8 Å². The number of carbonyl (C=O) groups excluding carboxylic acids is 2. The Labute approximate surface area is 180 Å². The van der Waals surface area contributed by atoms with E-state index in [1.807, 2.05) is 0 Å². The highest BCUT2D eigenvalue weighted by molar-refractivity contribution is 7.89. The summed E-state index contributed by atoms with van der Waals surface area (Å²) in [5.41, 5.74) is 0.328. The number of hydrogen-bond donors (Lipinski definition) is 0. The average molecular weight is 452 g/mol. The molecule has 0 aliphatic carbocycles. The van der Waals surface area contributed by atoms with Crippen LogP contribution in [0, 0.1) is 0 Å². The van der Waals surface area contributed by atoms with Gasteiger partial charge in [0.2, 0.25) is 15.8 Å². The number of nitrogens with zero attached hydrogens (tertiary/aromatic N) is 1. The summed E-state index contributed by atoms with van der Waals surface area (Å²) in [5, 5.41) is 0.395. The van der Waals surface area contributed by atoms with E-state index in [0.717, 1.165) is 12.8 Å². The molecule has 0 N–H and O–H groups in total. The number of carbonyl (C=O) groups is 2. The van der Waals surface area contributed by atoms with Gasteiger partial charge in [-0.2, -0.15) is 4.31 Å². The number of methoxy groups -OCH3 is 1. The third-order valence-electron chi connectivity index (χ3n) is 4.84. The monoisotopic (exact) mass is 451 g/mol. The second-order valence-corrected chi connectivity index (χ2v) is 9.24. The number of ether oxygens (including phenoxy) is 2. The minimum absolute atomic E-state index is 0.0133. The zero-order valence-electron chi connectivity index (χ0n) is 16.6. The minimum Gasteiger partial charge on any atom is -0.495 e. The summed E-state index contributed by atoms with van der Waals surface area (Å²) in [5.74, 6) is -1.08. The van der Waals surface area contributed by atoms with Crippen LogP contribution in [0.5, 0.6) is 5.75 Å². The third kappa shape index (κ3) is 4.66. The minimum atomic E-state index is -3.81. The molecule has 0 radical (unpaired) electrons. The maximum atomic E-state index is 13.0. The molecule has 0 saturated carbocycles. The van der Waals surface area contributed by atoms with Gasteiger partial charge in [0.25, 0.3) is 0 Å². The van der Waals surface area contributed by atoms with E-state index in [1.165, 1.54) is 42.6 Å². The Balaban J connectivity index is 1.83. The molecule has 7 nitrogen and oxygen atoms in total. The van der Waals surface area contributed by atoms with Crippen molar-refractivity contribution in [3.8, 4) is 5.75 Å². The van der Waals surface area contributed by atoms with Gasteiger partial charge in [0.05, 0.1) is 12.7 Å². The fourth-order valence-corrected chi connectivity index (χ4v) is 5.12. The number of halogens is 1. The predicted octanol–water partition coefficient (Wildman–Crippen LogP) is 3.56. The number of ketones is 1. The summed E-state index contributed by atoms with van der Waals surface area (Å²) in [6.07, 6.45) is 0.496. The van der Waals surface area contributed by atoms with Gasteiger partial charge in [-0.25, -0.2) is 13.2 Å². The van der Waals surface area contributed by atoms with Crippen LogP contribution in [-0.2, 0) is 14.8 Å². The van der Waals surface area contributed by atoms with Gasteiger partial charge < -0.3 is 9.47 Å². The van der Waals surface area contributed by atoms with E-state index in [2.05, 4.69) is 0 Å². The largest absolute Gasteiger partial charge is 0.495 e.